The summed E-state index contributed by atoms with van der Waals surface area (Å²) < 4.78 is 5.18. The minimum atomic E-state index is -0.855. The molecule has 7 heteroatoms. The number of benzene rings is 2. The Morgan fingerprint density at radius 3 is 2.40 bits per heavy atom. The van der Waals surface area contributed by atoms with Crippen LogP contribution in [0.1, 0.15) is 16.5 Å². The van der Waals surface area contributed by atoms with Gasteiger partial charge in [0.1, 0.15) is 17.7 Å². The van der Waals surface area contributed by atoms with E-state index >= 15 is 0 Å². The van der Waals surface area contributed by atoms with Crippen LogP contribution in [0, 0.1) is 12.8 Å². The van der Waals surface area contributed by atoms with Crippen molar-refractivity contribution in [1.29, 1.82) is 0 Å². The second-order valence-electron chi connectivity index (χ2n) is 7.33. The number of fused-ring (bicyclic) bond motifs is 1. The highest BCUT2D eigenvalue weighted by Gasteiger charge is 2.60. The van der Waals surface area contributed by atoms with E-state index in [1.807, 2.05) is 48.7 Å². The molecule has 0 unspecified atom stereocenters. The predicted molar refractivity (Wildman–Crippen MR) is 115 cm³/mol. The summed E-state index contributed by atoms with van der Waals surface area (Å²) in [5, 5.41) is 3.72. The van der Waals surface area contributed by atoms with Gasteiger partial charge in [-0.05, 0) is 54.3 Å². The molecule has 0 bridgehead atoms. The monoisotopic (exact) mass is 420 g/mol. The molecule has 30 heavy (non-hydrogen) atoms. The van der Waals surface area contributed by atoms with Gasteiger partial charge in [0.25, 0.3) is 5.91 Å². The number of carbonyl (C=O) groups excluding carboxylic acids is 2. The van der Waals surface area contributed by atoms with Crippen molar-refractivity contribution in [2.45, 2.75) is 19.1 Å². The van der Waals surface area contributed by atoms with Crippen molar-refractivity contribution in [2.24, 2.45) is 5.92 Å². The van der Waals surface area contributed by atoms with Gasteiger partial charge in [0, 0.05) is 4.88 Å². The second-order valence-corrected chi connectivity index (χ2v) is 8.31. The predicted octanol–water partition coefficient (Wildman–Crippen LogP) is 4.12. The van der Waals surface area contributed by atoms with Crippen LogP contribution in [0.5, 0.6) is 5.75 Å². The van der Waals surface area contributed by atoms with Crippen LogP contribution in [0.2, 0.25) is 0 Å². The molecule has 3 heterocycles. The van der Waals surface area contributed by atoms with E-state index in [-0.39, 0.29) is 17.9 Å². The number of thiophene rings is 1. The lowest BCUT2D eigenvalue weighted by Gasteiger charge is -2.28. The van der Waals surface area contributed by atoms with E-state index in [2.05, 4.69) is 0 Å². The normalized spacial score (nSPS) is 23.2. The van der Waals surface area contributed by atoms with Crippen LogP contribution in [0.3, 0.4) is 0 Å². The SMILES string of the molecule is COc1ccc(N2C(=O)[C@H]3[C@@H](c4cccs4)N(c4ccccc4C)O[C@H]3C2=O)cc1. The highest BCUT2D eigenvalue weighted by atomic mass is 32.1. The van der Waals surface area contributed by atoms with Crippen LogP contribution in [0.4, 0.5) is 11.4 Å². The lowest BCUT2D eigenvalue weighted by Crippen LogP contribution is -2.37. The summed E-state index contributed by atoms with van der Waals surface area (Å²) in [5.41, 5.74) is 2.41. The first kappa shape index (κ1) is 18.8. The van der Waals surface area contributed by atoms with Crippen molar-refractivity contribution in [3.8, 4) is 5.75 Å². The van der Waals surface area contributed by atoms with Crippen LogP contribution < -0.4 is 14.7 Å². The summed E-state index contributed by atoms with van der Waals surface area (Å²) in [5.74, 6) is -0.535. The van der Waals surface area contributed by atoms with Gasteiger partial charge >= 0.3 is 0 Å². The molecule has 0 spiro atoms. The lowest BCUT2D eigenvalue weighted by molar-refractivity contribution is -0.126. The fourth-order valence-corrected chi connectivity index (χ4v) is 5.02. The molecule has 3 atom stereocenters. The highest BCUT2D eigenvalue weighted by Crippen LogP contribution is 2.49. The Morgan fingerprint density at radius 1 is 0.967 bits per heavy atom. The molecule has 6 nitrogen and oxygen atoms in total. The fourth-order valence-electron chi connectivity index (χ4n) is 4.17. The summed E-state index contributed by atoms with van der Waals surface area (Å²) >= 11 is 1.56. The Labute approximate surface area is 178 Å². The number of amides is 2. The molecule has 0 N–H and O–H groups in total. The van der Waals surface area contributed by atoms with Crippen LogP contribution in [-0.4, -0.2) is 25.0 Å². The Balaban J connectivity index is 1.55. The quantitative estimate of drug-likeness (QED) is 0.595. The van der Waals surface area contributed by atoms with Crippen molar-refractivity contribution in [3.05, 3.63) is 76.5 Å². The van der Waals surface area contributed by atoms with Crippen molar-refractivity contribution in [3.63, 3.8) is 0 Å². The van der Waals surface area contributed by atoms with E-state index in [1.165, 1.54) is 4.90 Å². The molecule has 2 aliphatic heterocycles. The molecule has 2 saturated heterocycles. The average Bonchev–Trinajstić information content (AvgIpc) is 3.46. The van der Waals surface area contributed by atoms with E-state index < -0.39 is 12.0 Å². The van der Waals surface area contributed by atoms with Crippen molar-refractivity contribution in [1.82, 2.24) is 0 Å². The van der Waals surface area contributed by atoms with Crippen molar-refractivity contribution >= 4 is 34.5 Å². The number of aryl methyl sites for hydroxylation is 1. The number of hydrogen-bond donors (Lipinski definition) is 0. The van der Waals surface area contributed by atoms with Gasteiger partial charge in [-0.15, -0.1) is 11.3 Å². The first-order valence-electron chi connectivity index (χ1n) is 9.67. The minimum Gasteiger partial charge on any atom is -0.497 e. The number of hydrogen-bond acceptors (Lipinski definition) is 6. The van der Waals surface area contributed by atoms with Crippen LogP contribution >= 0.6 is 11.3 Å². The van der Waals surface area contributed by atoms with E-state index in [1.54, 1.807) is 47.8 Å². The van der Waals surface area contributed by atoms with Gasteiger partial charge in [0.05, 0.1) is 18.5 Å². The number of nitrogens with zero attached hydrogens (tertiary/aromatic N) is 2. The summed E-state index contributed by atoms with van der Waals surface area (Å²) in [6.45, 7) is 1.99. The maximum Gasteiger partial charge on any atom is 0.266 e. The number of methoxy groups -OCH3 is 1. The summed E-state index contributed by atoms with van der Waals surface area (Å²) in [6, 6.07) is 18.3. The third kappa shape index (κ3) is 2.81. The third-order valence-corrected chi connectivity index (χ3v) is 6.58. The maximum absolute atomic E-state index is 13.5. The number of rotatable bonds is 4. The molecule has 2 fully saturated rings. The molecule has 152 valence electrons. The van der Waals surface area contributed by atoms with E-state index in [0.717, 1.165) is 16.1 Å². The van der Waals surface area contributed by atoms with Crippen LogP contribution in [0.25, 0.3) is 0 Å². The lowest BCUT2D eigenvalue weighted by atomic mass is 9.95. The Kier molecular flexibility index (Phi) is 4.56. The molecule has 0 aliphatic carbocycles. The van der Waals surface area contributed by atoms with Crippen molar-refractivity contribution < 1.29 is 19.2 Å². The van der Waals surface area contributed by atoms with Crippen LogP contribution in [0.15, 0.2) is 66.0 Å². The topological polar surface area (TPSA) is 59.1 Å². The van der Waals surface area contributed by atoms with Gasteiger partial charge in [-0.1, -0.05) is 24.3 Å². The number of hydroxylamine groups is 1. The van der Waals surface area contributed by atoms with Gasteiger partial charge in [-0.2, -0.15) is 0 Å². The van der Waals surface area contributed by atoms with Gasteiger partial charge in [-0.25, -0.2) is 9.96 Å². The zero-order valence-electron chi connectivity index (χ0n) is 16.5. The summed E-state index contributed by atoms with van der Waals surface area (Å²) in [4.78, 5) is 35.1. The largest absolute Gasteiger partial charge is 0.497 e. The molecular formula is C23H20N2O4S. The molecular weight excluding hydrogens is 400 g/mol. The molecule has 2 amide bonds. The Bertz CT molecular complexity index is 1100. The maximum atomic E-state index is 13.5. The van der Waals surface area contributed by atoms with E-state index in [9.17, 15) is 9.59 Å². The molecule has 0 radical (unpaired) electrons. The van der Waals surface area contributed by atoms with Crippen LogP contribution in [-0.2, 0) is 14.4 Å². The first-order valence-corrected chi connectivity index (χ1v) is 10.5. The summed E-state index contributed by atoms with van der Waals surface area (Å²) in [7, 11) is 1.57. The zero-order valence-corrected chi connectivity index (χ0v) is 17.3. The Hall–Kier alpha value is -3.16. The average molecular weight is 420 g/mol. The van der Waals surface area contributed by atoms with Crippen molar-refractivity contribution in [2.75, 3.05) is 17.1 Å². The first-order chi connectivity index (χ1) is 14.6. The van der Waals surface area contributed by atoms with E-state index in [4.69, 9.17) is 9.57 Å². The van der Waals surface area contributed by atoms with Gasteiger partial charge in [0.2, 0.25) is 5.91 Å². The highest BCUT2D eigenvalue weighted by molar-refractivity contribution is 7.10. The standard InChI is InChI=1S/C23H20N2O4S/c1-14-6-3-4-7-17(14)25-20(18-8-5-13-30-18)19-21(29-25)23(27)24(22(19)26)15-9-11-16(28-2)12-10-15/h3-13,19-21H,1-2H3/t19-,20+,21+/m0/s1. The number of anilines is 2. The molecule has 1 aromatic heterocycles. The molecule has 2 aromatic carbocycles. The number of imide groups is 1. The molecule has 0 saturated carbocycles. The molecule has 5 rings (SSSR count). The number of para-hydroxylation sites is 1. The smallest absolute Gasteiger partial charge is 0.266 e. The fraction of sp³-hybridized carbons (Fsp3) is 0.217. The zero-order chi connectivity index (χ0) is 20.8. The number of ether oxygens (including phenoxy) is 1. The van der Waals surface area contributed by atoms with Gasteiger partial charge < -0.3 is 4.74 Å². The minimum absolute atomic E-state index is 0.246. The third-order valence-electron chi connectivity index (χ3n) is 5.63. The molecule has 2 aliphatic rings. The molecule has 3 aromatic rings. The number of carbonyl (C=O) groups is 2. The summed E-state index contributed by atoms with van der Waals surface area (Å²) in [6.07, 6.45) is -0.855. The van der Waals surface area contributed by atoms with Gasteiger partial charge in [0.15, 0.2) is 6.10 Å². The van der Waals surface area contributed by atoms with E-state index in [0.29, 0.717) is 11.4 Å². The Morgan fingerprint density at radius 2 is 1.73 bits per heavy atom. The van der Waals surface area contributed by atoms with Gasteiger partial charge in [-0.3, -0.25) is 14.4 Å². The second kappa shape index (κ2) is 7.27.